The third-order valence-corrected chi connectivity index (χ3v) is 3.44. The van der Waals surface area contributed by atoms with Crippen LogP contribution in [0.2, 0.25) is 0 Å². The maximum Gasteiger partial charge on any atom is 0.234 e. The number of aromatic nitrogens is 1. The van der Waals surface area contributed by atoms with E-state index in [-0.39, 0.29) is 18.5 Å². The summed E-state index contributed by atoms with van der Waals surface area (Å²) >= 11 is 0. The summed E-state index contributed by atoms with van der Waals surface area (Å²) in [5.41, 5.74) is 2.06. The van der Waals surface area contributed by atoms with Gasteiger partial charge in [0.1, 0.15) is 6.61 Å². The zero-order valence-electron chi connectivity index (χ0n) is 14.9. The molecule has 0 saturated carbocycles. The highest BCUT2D eigenvalue weighted by molar-refractivity contribution is 5.78. The van der Waals surface area contributed by atoms with Gasteiger partial charge in [0.2, 0.25) is 5.91 Å². The molecule has 0 aliphatic rings. The van der Waals surface area contributed by atoms with Crippen molar-refractivity contribution in [3.05, 3.63) is 53.9 Å². The van der Waals surface area contributed by atoms with E-state index in [4.69, 9.17) is 9.47 Å². The molecule has 25 heavy (non-hydrogen) atoms. The molecule has 0 atom stereocenters. The van der Waals surface area contributed by atoms with Gasteiger partial charge in [-0.1, -0.05) is 6.07 Å². The van der Waals surface area contributed by atoms with Crippen LogP contribution in [0, 0.1) is 0 Å². The average molecular weight is 343 g/mol. The van der Waals surface area contributed by atoms with Crippen LogP contribution in [0.3, 0.4) is 0 Å². The molecule has 2 N–H and O–H groups in total. The summed E-state index contributed by atoms with van der Waals surface area (Å²) in [6.45, 7) is 5.18. The molecule has 1 heterocycles. The van der Waals surface area contributed by atoms with E-state index < -0.39 is 0 Å². The van der Waals surface area contributed by atoms with Crippen LogP contribution in [0.1, 0.15) is 25.0 Å². The molecule has 0 unspecified atom stereocenters. The van der Waals surface area contributed by atoms with Crippen molar-refractivity contribution in [1.82, 2.24) is 15.6 Å². The van der Waals surface area contributed by atoms with Crippen LogP contribution in [0.25, 0.3) is 0 Å². The van der Waals surface area contributed by atoms with E-state index in [0.29, 0.717) is 24.7 Å². The van der Waals surface area contributed by atoms with E-state index in [0.717, 1.165) is 11.1 Å². The van der Waals surface area contributed by atoms with Crippen molar-refractivity contribution in [3.8, 4) is 11.5 Å². The Labute approximate surface area is 148 Å². The number of hydrogen-bond acceptors (Lipinski definition) is 5. The number of pyridine rings is 1. The van der Waals surface area contributed by atoms with Gasteiger partial charge in [0.15, 0.2) is 11.5 Å². The van der Waals surface area contributed by atoms with Crippen molar-refractivity contribution in [2.75, 3.05) is 13.7 Å². The van der Waals surface area contributed by atoms with Gasteiger partial charge in [0.05, 0.1) is 13.7 Å². The fourth-order valence-electron chi connectivity index (χ4n) is 2.27. The Morgan fingerprint density at radius 3 is 2.56 bits per heavy atom. The first-order chi connectivity index (χ1) is 12.1. The molecule has 0 saturated heterocycles. The van der Waals surface area contributed by atoms with E-state index in [2.05, 4.69) is 15.6 Å². The van der Waals surface area contributed by atoms with Gasteiger partial charge in [-0.05, 0) is 49.2 Å². The lowest BCUT2D eigenvalue weighted by atomic mass is 10.2. The SMILES string of the molecule is COc1cc(CNCC(=O)NC(C)C)ccc1OCc1ccncc1. The highest BCUT2D eigenvalue weighted by Crippen LogP contribution is 2.28. The predicted molar refractivity (Wildman–Crippen MR) is 96.5 cm³/mol. The molecule has 134 valence electrons. The van der Waals surface area contributed by atoms with E-state index in [1.54, 1.807) is 19.5 Å². The zero-order chi connectivity index (χ0) is 18.1. The van der Waals surface area contributed by atoms with E-state index in [1.165, 1.54) is 0 Å². The Morgan fingerprint density at radius 1 is 1.12 bits per heavy atom. The van der Waals surface area contributed by atoms with Gasteiger partial charge in [-0.2, -0.15) is 0 Å². The number of amides is 1. The van der Waals surface area contributed by atoms with Crippen LogP contribution >= 0.6 is 0 Å². The van der Waals surface area contributed by atoms with Crippen LogP contribution in [-0.4, -0.2) is 30.6 Å². The highest BCUT2D eigenvalue weighted by Gasteiger charge is 2.07. The number of nitrogens with zero attached hydrogens (tertiary/aromatic N) is 1. The van der Waals surface area contributed by atoms with Gasteiger partial charge >= 0.3 is 0 Å². The third kappa shape index (κ3) is 6.43. The minimum Gasteiger partial charge on any atom is -0.493 e. The molecular formula is C19H25N3O3. The molecule has 1 amide bonds. The monoisotopic (exact) mass is 343 g/mol. The molecular weight excluding hydrogens is 318 g/mol. The number of nitrogens with one attached hydrogen (secondary N) is 2. The summed E-state index contributed by atoms with van der Waals surface area (Å²) in [6.07, 6.45) is 3.47. The Kier molecular flexibility index (Phi) is 7.22. The molecule has 1 aromatic heterocycles. The largest absolute Gasteiger partial charge is 0.493 e. The lowest BCUT2D eigenvalue weighted by molar-refractivity contribution is -0.120. The summed E-state index contributed by atoms with van der Waals surface area (Å²) < 4.78 is 11.2. The first-order valence-electron chi connectivity index (χ1n) is 8.27. The van der Waals surface area contributed by atoms with E-state index >= 15 is 0 Å². The quantitative estimate of drug-likeness (QED) is 0.731. The standard InChI is InChI=1S/C19H25N3O3/c1-14(2)22-19(23)12-21-11-16-4-5-17(18(10-16)24-3)25-13-15-6-8-20-9-7-15/h4-10,14,21H,11-13H2,1-3H3,(H,22,23). The maximum absolute atomic E-state index is 11.6. The third-order valence-electron chi connectivity index (χ3n) is 3.44. The molecule has 2 rings (SSSR count). The van der Waals surface area contributed by atoms with Crippen molar-refractivity contribution in [2.24, 2.45) is 0 Å². The summed E-state index contributed by atoms with van der Waals surface area (Å²) in [7, 11) is 1.61. The number of hydrogen-bond donors (Lipinski definition) is 2. The predicted octanol–water partition coefficient (Wildman–Crippen LogP) is 2.28. The van der Waals surface area contributed by atoms with Crippen molar-refractivity contribution >= 4 is 5.91 Å². The van der Waals surface area contributed by atoms with Crippen molar-refractivity contribution in [3.63, 3.8) is 0 Å². The molecule has 0 bridgehead atoms. The van der Waals surface area contributed by atoms with Crippen molar-refractivity contribution < 1.29 is 14.3 Å². The van der Waals surface area contributed by atoms with Gasteiger partial charge < -0.3 is 20.1 Å². The fraction of sp³-hybridized carbons (Fsp3) is 0.368. The Bertz CT molecular complexity index is 675. The summed E-state index contributed by atoms with van der Waals surface area (Å²) in [5, 5.41) is 5.96. The number of ether oxygens (including phenoxy) is 2. The van der Waals surface area contributed by atoms with Crippen LogP contribution in [0.5, 0.6) is 11.5 Å². The average Bonchev–Trinajstić information content (AvgIpc) is 2.60. The summed E-state index contributed by atoms with van der Waals surface area (Å²) in [5.74, 6) is 1.33. The Morgan fingerprint density at radius 2 is 1.88 bits per heavy atom. The topological polar surface area (TPSA) is 72.5 Å². The van der Waals surface area contributed by atoms with Crippen LogP contribution in [0.15, 0.2) is 42.7 Å². The van der Waals surface area contributed by atoms with Crippen molar-refractivity contribution in [2.45, 2.75) is 33.0 Å². The number of methoxy groups -OCH3 is 1. The van der Waals surface area contributed by atoms with Gasteiger partial charge in [-0.15, -0.1) is 0 Å². The Balaban J connectivity index is 1.88. The second kappa shape index (κ2) is 9.64. The zero-order valence-corrected chi connectivity index (χ0v) is 14.9. The molecule has 1 aromatic carbocycles. The summed E-state index contributed by atoms with van der Waals surface area (Å²) in [6, 6.07) is 9.71. The number of carbonyl (C=O) groups is 1. The molecule has 0 aliphatic heterocycles. The highest BCUT2D eigenvalue weighted by atomic mass is 16.5. The maximum atomic E-state index is 11.6. The second-order valence-electron chi connectivity index (χ2n) is 5.96. The normalized spacial score (nSPS) is 10.6. The van der Waals surface area contributed by atoms with Crippen molar-refractivity contribution in [1.29, 1.82) is 0 Å². The fourth-order valence-corrected chi connectivity index (χ4v) is 2.27. The van der Waals surface area contributed by atoms with Gasteiger partial charge in [-0.25, -0.2) is 0 Å². The number of carbonyl (C=O) groups excluding carboxylic acids is 1. The van der Waals surface area contributed by atoms with E-state index in [1.807, 2.05) is 44.2 Å². The molecule has 0 aliphatic carbocycles. The lowest BCUT2D eigenvalue weighted by Gasteiger charge is -2.13. The lowest BCUT2D eigenvalue weighted by Crippen LogP contribution is -2.37. The minimum absolute atomic E-state index is 0.0146. The van der Waals surface area contributed by atoms with Crippen LogP contribution in [0.4, 0.5) is 0 Å². The number of benzene rings is 1. The molecule has 0 radical (unpaired) electrons. The van der Waals surface area contributed by atoms with Crippen LogP contribution < -0.4 is 20.1 Å². The molecule has 6 heteroatoms. The molecule has 6 nitrogen and oxygen atoms in total. The second-order valence-corrected chi connectivity index (χ2v) is 5.96. The summed E-state index contributed by atoms with van der Waals surface area (Å²) in [4.78, 5) is 15.6. The minimum atomic E-state index is -0.0146. The number of rotatable bonds is 9. The van der Waals surface area contributed by atoms with Crippen LogP contribution in [-0.2, 0) is 17.9 Å². The molecule has 0 fully saturated rings. The van der Waals surface area contributed by atoms with Gasteiger partial charge in [-0.3, -0.25) is 9.78 Å². The first kappa shape index (κ1) is 18.7. The first-order valence-corrected chi connectivity index (χ1v) is 8.27. The molecule has 2 aromatic rings. The molecule has 0 spiro atoms. The van der Waals surface area contributed by atoms with E-state index in [9.17, 15) is 4.79 Å². The van der Waals surface area contributed by atoms with Gasteiger partial charge in [0, 0.05) is 25.0 Å². The van der Waals surface area contributed by atoms with Gasteiger partial charge in [0.25, 0.3) is 0 Å². The Hall–Kier alpha value is -2.60. The smallest absolute Gasteiger partial charge is 0.234 e.